The average Bonchev–Trinajstić information content (AvgIpc) is 3.28. The number of benzene rings is 3. The number of rotatable bonds is 4. The number of hydrogen-bond donors (Lipinski definition) is 1. The van der Waals surface area contributed by atoms with Crippen molar-refractivity contribution in [3.8, 4) is 11.3 Å². The molecule has 0 saturated heterocycles. The van der Waals surface area contributed by atoms with Gasteiger partial charge in [-0.25, -0.2) is 4.39 Å². The molecule has 7 heteroatoms. The molecule has 0 radical (unpaired) electrons. The number of furan rings is 1. The Hall–Kier alpha value is -3.90. The summed E-state index contributed by atoms with van der Waals surface area (Å²) in [5.74, 6) is 0.767. The molecule has 0 bridgehead atoms. The van der Waals surface area contributed by atoms with E-state index in [1.165, 1.54) is 24.3 Å². The lowest BCUT2D eigenvalue weighted by atomic mass is 10.1. The molecule has 0 fully saturated rings. The number of anilines is 1. The van der Waals surface area contributed by atoms with Gasteiger partial charge in [-0.2, -0.15) is 0 Å². The van der Waals surface area contributed by atoms with Gasteiger partial charge in [0.1, 0.15) is 17.3 Å². The van der Waals surface area contributed by atoms with Crippen LogP contribution in [0.25, 0.3) is 11.3 Å². The molecule has 1 aliphatic heterocycles. The number of carbonyl (C=O) groups excluding carboxylic acids is 2. The molecule has 0 aliphatic carbocycles. The molecule has 0 atom stereocenters. The van der Waals surface area contributed by atoms with Crippen LogP contribution in [0.15, 0.2) is 83.3 Å². The van der Waals surface area contributed by atoms with Crippen molar-refractivity contribution >= 4 is 29.1 Å². The molecule has 5 nitrogen and oxygen atoms in total. The van der Waals surface area contributed by atoms with Crippen molar-refractivity contribution in [2.45, 2.75) is 13.0 Å². The Bertz CT molecular complexity index is 1360. The second-order valence-corrected chi connectivity index (χ2v) is 8.46. The summed E-state index contributed by atoms with van der Waals surface area (Å²) in [5, 5.41) is 3.24. The third kappa shape index (κ3) is 4.45. The normalized spacial score (nSPS) is 12.8. The summed E-state index contributed by atoms with van der Waals surface area (Å²) in [6.07, 6.45) is 0.622. The zero-order chi connectivity index (χ0) is 23.7. The first kappa shape index (κ1) is 21.9. The van der Waals surface area contributed by atoms with Gasteiger partial charge in [0.25, 0.3) is 11.8 Å². The monoisotopic (exact) mass is 474 g/mol. The Morgan fingerprint density at radius 1 is 0.971 bits per heavy atom. The molecule has 3 aromatic carbocycles. The van der Waals surface area contributed by atoms with Crippen molar-refractivity contribution in [1.82, 2.24) is 4.90 Å². The fourth-order valence-electron chi connectivity index (χ4n) is 3.98. The molecular formula is C27H20ClFN2O3. The van der Waals surface area contributed by atoms with Crippen LogP contribution in [-0.4, -0.2) is 23.3 Å². The maximum Gasteiger partial charge on any atom is 0.255 e. The number of amides is 2. The van der Waals surface area contributed by atoms with Gasteiger partial charge in [-0.1, -0.05) is 23.7 Å². The number of hydrogen-bond acceptors (Lipinski definition) is 3. The minimum absolute atomic E-state index is 0.0970. The Morgan fingerprint density at radius 2 is 1.71 bits per heavy atom. The third-order valence-electron chi connectivity index (χ3n) is 5.79. The topological polar surface area (TPSA) is 62.6 Å². The molecule has 1 aliphatic rings. The van der Waals surface area contributed by atoms with E-state index in [-0.39, 0.29) is 11.8 Å². The van der Waals surface area contributed by atoms with Crippen LogP contribution in [0.2, 0.25) is 5.02 Å². The third-order valence-corrected chi connectivity index (χ3v) is 6.12. The molecule has 170 valence electrons. The summed E-state index contributed by atoms with van der Waals surface area (Å²) in [4.78, 5) is 27.0. The molecule has 1 N–H and O–H groups in total. The van der Waals surface area contributed by atoms with Crippen LogP contribution in [-0.2, 0) is 13.0 Å². The predicted octanol–water partition coefficient (Wildman–Crippen LogP) is 6.19. The van der Waals surface area contributed by atoms with Gasteiger partial charge < -0.3 is 14.6 Å². The van der Waals surface area contributed by atoms with Gasteiger partial charge in [-0.15, -0.1) is 0 Å². The highest BCUT2D eigenvalue weighted by atomic mass is 35.5. The van der Waals surface area contributed by atoms with Crippen LogP contribution in [0.3, 0.4) is 0 Å². The second kappa shape index (κ2) is 9.15. The van der Waals surface area contributed by atoms with Crippen molar-refractivity contribution in [3.05, 3.63) is 112 Å². The summed E-state index contributed by atoms with van der Waals surface area (Å²) < 4.78 is 19.1. The maximum absolute atomic E-state index is 13.1. The molecule has 2 amide bonds. The molecular weight excluding hydrogens is 455 g/mol. The van der Waals surface area contributed by atoms with E-state index >= 15 is 0 Å². The Labute approximate surface area is 200 Å². The van der Waals surface area contributed by atoms with Crippen LogP contribution < -0.4 is 5.32 Å². The summed E-state index contributed by atoms with van der Waals surface area (Å²) in [7, 11) is 0. The van der Waals surface area contributed by atoms with Crippen molar-refractivity contribution in [2.24, 2.45) is 0 Å². The largest absolute Gasteiger partial charge is 0.461 e. The fourth-order valence-corrected chi connectivity index (χ4v) is 4.19. The van der Waals surface area contributed by atoms with Crippen molar-refractivity contribution in [2.75, 3.05) is 11.9 Å². The summed E-state index contributed by atoms with van der Waals surface area (Å²) in [6.45, 7) is 1.01. The summed E-state index contributed by atoms with van der Waals surface area (Å²) in [6, 6.07) is 21.7. The van der Waals surface area contributed by atoms with E-state index in [1.807, 2.05) is 18.2 Å². The molecule has 0 unspecified atom stereocenters. The molecule has 5 rings (SSSR count). The molecule has 4 aromatic rings. The smallest absolute Gasteiger partial charge is 0.255 e. The zero-order valence-electron chi connectivity index (χ0n) is 18.1. The van der Waals surface area contributed by atoms with Crippen LogP contribution >= 0.6 is 11.6 Å². The number of fused-ring (bicyclic) bond motifs is 1. The highest BCUT2D eigenvalue weighted by molar-refractivity contribution is 6.33. The van der Waals surface area contributed by atoms with Gasteiger partial charge in [0.05, 0.1) is 10.6 Å². The average molecular weight is 475 g/mol. The van der Waals surface area contributed by atoms with Gasteiger partial charge in [0.2, 0.25) is 0 Å². The van der Waals surface area contributed by atoms with E-state index in [1.54, 1.807) is 41.3 Å². The predicted molar refractivity (Wildman–Crippen MR) is 128 cm³/mol. The highest BCUT2D eigenvalue weighted by Gasteiger charge is 2.26. The minimum atomic E-state index is -0.390. The van der Waals surface area contributed by atoms with Crippen LogP contribution in [0.4, 0.5) is 10.1 Å². The van der Waals surface area contributed by atoms with Crippen LogP contribution in [0.1, 0.15) is 32.0 Å². The zero-order valence-corrected chi connectivity index (χ0v) is 18.8. The highest BCUT2D eigenvalue weighted by Crippen LogP contribution is 2.31. The van der Waals surface area contributed by atoms with Crippen molar-refractivity contribution < 1.29 is 18.4 Å². The summed E-state index contributed by atoms with van der Waals surface area (Å²) in [5.41, 5.74) is 3.31. The van der Waals surface area contributed by atoms with Gasteiger partial charge in [0.15, 0.2) is 0 Å². The quantitative estimate of drug-likeness (QED) is 0.383. The maximum atomic E-state index is 13.1. The molecule has 0 spiro atoms. The number of nitrogens with zero attached hydrogens (tertiary/aromatic N) is 1. The number of nitrogens with one attached hydrogen (secondary N) is 1. The van der Waals surface area contributed by atoms with Gasteiger partial charge in [-0.05, 0) is 66.7 Å². The van der Waals surface area contributed by atoms with Crippen molar-refractivity contribution in [1.29, 1.82) is 0 Å². The van der Waals surface area contributed by atoms with E-state index in [0.717, 1.165) is 16.9 Å². The standard InChI is InChI=1S/C27H20ClFN2O3/c28-23-4-2-1-3-22(23)27(33)31-14-13-24-19(16-31)15-25(34-24)17-7-11-21(12-8-17)30-26(32)18-5-9-20(29)10-6-18/h1-12,15H,13-14,16H2,(H,30,32). The minimum Gasteiger partial charge on any atom is -0.461 e. The molecule has 2 heterocycles. The lowest BCUT2D eigenvalue weighted by Crippen LogP contribution is -2.35. The Kier molecular flexibility index (Phi) is 5.90. The van der Waals surface area contributed by atoms with Gasteiger partial charge in [-0.3, -0.25) is 9.59 Å². The number of carbonyl (C=O) groups is 2. The Balaban J connectivity index is 1.28. The lowest BCUT2D eigenvalue weighted by molar-refractivity contribution is 0.0730. The first-order valence-corrected chi connectivity index (χ1v) is 11.2. The summed E-state index contributed by atoms with van der Waals surface area (Å²) >= 11 is 6.20. The van der Waals surface area contributed by atoms with Crippen LogP contribution in [0, 0.1) is 5.82 Å². The second-order valence-electron chi connectivity index (χ2n) is 8.05. The Morgan fingerprint density at radius 3 is 2.44 bits per heavy atom. The van der Waals surface area contributed by atoms with Gasteiger partial charge in [0, 0.05) is 41.9 Å². The van der Waals surface area contributed by atoms with E-state index < -0.39 is 5.82 Å². The SMILES string of the molecule is O=C(Nc1ccc(-c2cc3c(o2)CCN(C(=O)c2ccccc2Cl)C3)cc1)c1ccc(F)cc1. The van der Waals surface area contributed by atoms with E-state index in [9.17, 15) is 14.0 Å². The van der Waals surface area contributed by atoms with E-state index in [4.69, 9.17) is 16.0 Å². The lowest BCUT2D eigenvalue weighted by Gasteiger charge is -2.26. The van der Waals surface area contributed by atoms with Crippen molar-refractivity contribution in [3.63, 3.8) is 0 Å². The van der Waals surface area contributed by atoms with E-state index in [2.05, 4.69) is 5.32 Å². The number of halogens is 2. The van der Waals surface area contributed by atoms with E-state index in [0.29, 0.717) is 47.1 Å². The van der Waals surface area contributed by atoms with Gasteiger partial charge >= 0.3 is 0 Å². The van der Waals surface area contributed by atoms with Crippen LogP contribution in [0.5, 0.6) is 0 Å². The molecule has 0 saturated carbocycles. The molecule has 34 heavy (non-hydrogen) atoms. The molecule has 1 aromatic heterocycles. The first-order chi connectivity index (χ1) is 16.5. The first-order valence-electron chi connectivity index (χ1n) is 10.8. The fraction of sp³-hybridized carbons (Fsp3) is 0.111.